The van der Waals surface area contributed by atoms with Crippen molar-refractivity contribution in [1.29, 1.82) is 0 Å². The third-order valence-electron chi connectivity index (χ3n) is 17.5. The fourth-order valence-corrected chi connectivity index (χ4v) is 13.4. The fourth-order valence-electron chi connectivity index (χ4n) is 13.4. The van der Waals surface area contributed by atoms with Crippen molar-refractivity contribution in [3.05, 3.63) is 322 Å². The molecule has 0 spiro atoms. The molecule has 0 aliphatic carbocycles. The van der Waals surface area contributed by atoms with Crippen LogP contribution in [0, 0.1) is 0 Å². The Kier molecular flexibility index (Phi) is 11.8. The predicted molar refractivity (Wildman–Crippen MR) is 363 cm³/mol. The molecule has 0 fully saturated rings. The van der Waals surface area contributed by atoms with Crippen LogP contribution >= 0.6 is 0 Å². The lowest BCUT2D eigenvalue weighted by Gasteiger charge is -2.22. The van der Waals surface area contributed by atoms with Crippen molar-refractivity contribution in [1.82, 2.24) is 23.7 Å². The first kappa shape index (κ1) is 49.9. The van der Waals surface area contributed by atoms with Crippen molar-refractivity contribution in [3.63, 3.8) is 0 Å². The minimum absolute atomic E-state index is 0.635. The van der Waals surface area contributed by atoms with Crippen LogP contribution in [0.5, 0.6) is 0 Å². The lowest BCUT2D eigenvalue weighted by atomic mass is 9.92. The molecule has 0 amide bonds. The van der Waals surface area contributed by atoms with E-state index in [9.17, 15) is 0 Å². The lowest BCUT2D eigenvalue weighted by molar-refractivity contribution is 1.16. The molecule has 0 bridgehead atoms. The summed E-state index contributed by atoms with van der Waals surface area (Å²) >= 11 is 0. The summed E-state index contributed by atoms with van der Waals surface area (Å²) in [5.74, 6) is 0.635. The van der Waals surface area contributed by atoms with E-state index in [2.05, 4.69) is 335 Å². The summed E-state index contributed by atoms with van der Waals surface area (Å²) in [6.45, 7) is 0. The van der Waals surface area contributed by atoms with E-state index in [0.717, 1.165) is 89.6 Å². The molecular formula is C82H53N5. The Hall–Kier alpha value is -11.7. The summed E-state index contributed by atoms with van der Waals surface area (Å²) in [6.07, 6.45) is 0. The molecule has 0 aliphatic rings. The zero-order valence-corrected chi connectivity index (χ0v) is 47.3. The van der Waals surface area contributed by atoms with Crippen LogP contribution in [0.2, 0.25) is 0 Å². The van der Waals surface area contributed by atoms with E-state index >= 15 is 0 Å². The van der Waals surface area contributed by atoms with Gasteiger partial charge in [0.15, 0.2) is 5.82 Å². The molecule has 0 N–H and O–H groups in total. The smallest absolute Gasteiger partial charge is 0.160 e. The standard InChI is InChI=1S/C82H53N5/c1-5-21-54(22-6-1)60-41-47-79-71(49-60)72-50-61(55-23-7-2-8-24-55)42-48-80(72)87(79)81-69(56-37-43-63(44-38-56)85-75-33-17-13-29-65(75)66-30-14-18-34-76(66)85)51-62(82-83-73(58-25-9-3-10-26-58)53-74(84-82)59-27-11-4-12-28-59)52-70(81)57-39-45-64(46-40-57)86-77-35-19-15-31-67(77)68-32-16-20-36-78(68)86/h1-53H. The first-order valence-corrected chi connectivity index (χ1v) is 29.7. The van der Waals surface area contributed by atoms with Crippen LogP contribution in [0.3, 0.4) is 0 Å². The van der Waals surface area contributed by atoms with E-state index in [4.69, 9.17) is 9.97 Å². The summed E-state index contributed by atoms with van der Waals surface area (Å²) in [7, 11) is 0. The van der Waals surface area contributed by atoms with Gasteiger partial charge in [-0.3, -0.25) is 0 Å². The Morgan fingerprint density at radius 2 is 0.506 bits per heavy atom. The summed E-state index contributed by atoms with van der Waals surface area (Å²) in [5, 5.41) is 7.24. The van der Waals surface area contributed by atoms with E-state index in [1.807, 2.05) is 0 Å². The lowest BCUT2D eigenvalue weighted by Crippen LogP contribution is -2.03. The summed E-state index contributed by atoms with van der Waals surface area (Å²) in [4.78, 5) is 11.1. The molecule has 5 heteroatoms. The normalized spacial score (nSPS) is 11.7. The van der Waals surface area contributed by atoms with Crippen LogP contribution in [-0.4, -0.2) is 23.7 Å². The average Bonchev–Trinajstić information content (AvgIpc) is 2.85. The second-order valence-electron chi connectivity index (χ2n) is 22.5. The van der Waals surface area contributed by atoms with Gasteiger partial charge in [0.2, 0.25) is 0 Å². The third kappa shape index (κ3) is 8.47. The Morgan fingerprint density at radius 3 is 0.874 bits per heavy atom. The van der Waals surface area contributed by atoms with E-state index in [1.54, 1.807) is 0 Å². The maximum Gasteiger partial charge on any atom is 0.160 e. The van der Waals surface area contributed by atoms with E-state index in [1.165, 1.54) is 65.5 Å². The van der Waals surface area contributed by atoms with Crippen LogP contribution in [0.15, 0.2) is 322 Å². The van der Waals surface area contributed by atoms with Crippen molar-refractivity contribution in [3.8, 4) is 95.5 Å². The summed E-state index contributed by atoms with van der Waals surface area (Å²) in [6, 6.07) is 117. The van der Waals surface area contributed by atoms with Gasteiger partial charge in [-0.15, -0.1) is 0 Å². The number of nitrogens with zero attached hydrogens (tertiary/aromatic N) is 5. The second kappa shape index (κ2) is 20.6. The topological polar surface area (TPSA) is 40.6 Å². The Labute approximate surface area is 503 Å². The molecular weight excluding hydrogens is 1050 g/mol. The number of hydrogen-bond acceptors (Lipinski definition) is 2. The van der Waals surface area contributed by atoms with Crippen molar-refractivity contribution in [2.75, 3.05) is 0 Å². The molecule has 87 heavy (non-hydrogen) atoms. The van der Waals surface area contributed by atoms with Gasteiger partial charge in [0.25, 0.3) is 0 Å². The van der Waals surface area contributed by atoms with Crippen molar-refractivity contribution < 1.29 is 0 Å². The summed E-state index contributed by atoms with van der Waals surface area (Å²) in [5.41, 5.74) is 23.6. The van der Waals surface area contributed by atoms with Gasteiger partial charge in [-0.25, -0.2) is 9.97 Å². The van der Waals surface area contributed by atoms with Crippen LogP contribution in [-0.2, 0) is 0 Å². The molecule has 0 unspecified atom stereocenters. The van der Waals surface area contributed by atoms with Gasteiger partial charge in [-0.1, -0.05) is 231 Å². The summed E-state index contributed by atoms with van der Waals surface area (Å²) < 4.78 is 7.32. The molecule has 0 aliphatic heterocycles. The number of aromatic nitrogens is 5. The molecule has 0 radical (unpaired) electrons. The zero-order valence-electron chi connectivity index (χ0n) is 47.3. The quantitative estimate of drug-likeness (QED) is 0.137. The monoisotopic (exact) mass is 1110 g/mol. The third-order valence-corrected chi connectivity index (χ3v) is 17.5. The van der Waals surface area contributed by atoms with E-state index in [0.29, 0.717) is 5.82 Å². The first-order chi connectivity index (χ1) is 43.1. The highest BCUT2D eigenvalue weighted by molar-refractivity contribution is 6.14. The zero-order chi connectivity index (χ0) is 57.4. The van der Waals surface area contributed by atoms with Crippen molar-refractivity contribution >= 4 is 65.4 Å². The molecule has 0 saturated carbocycles. The van der Waals surface area contributed by atoms with Gasteiger partial charge in [0.05, 0.1) is 50.2 Å². The van der Waals surface area contributed by atoms with Gasteiger partial charge < -0.3 is 13.7 Å². The molecule has 5 nitrogen and oxygen atoms in total. The number of para-hydroxylation sites is 4. The van der Waals surface area contributed by atoms with Crippen molar-refractivity contribution in [2.45, 2.75) is 0 Å². The molecule has 0 atom stereocenters. The SMILES string of the molecule is c1ccc(-c2ccc3c(c2)c2cc(-c4ccccc4)ccc2n3-c2c(-c3ccc(-n4c5ccccc5c5ccccc54)cc3)cc(-c3nc(-c4ccccc4)cc(-c4ccccc4)n3)cc2-c2ccc(-n3c4ccccc4c4ccccc43)cc2)cc1. The highest BCUT2D eigenvalue weighted by Crippen LogP contribution is 2.46. The van der Waals surface area contributed by atoms with Crippen LogP contribution in [0.25, 0.3) is 161 Å². The minimum atomic E-state index is 0.635. The molecule has 4 heterocycles. The molecule has 17 aromatic rings. The molecule has 17 rings (SSSR count). The Morgan fingerprint density at radius 1 is 0.195 bits per heavy atom. The van der Waals surface area contributed by atoms with Crippen molar-refractivity contribution in [2.24, 2.45) is 0 Å². The highest BCUT2D eigenvalue weighted by Gasteiger charge is 2.25. The first-order valence-electron chi connectivity index (χ1n) is 29.7. The predicted octanol–water partition coefficient (Wildman–Crippen LogP) is 21.4. The average molecular weight is 1110 g/mol. The number of hydrogen-bond donors (Lipinski definition) is 0. The maximum atomic E-state index is 5.53. The van der Waals surface area contributed by atoms with Gasteiger partial charge in [0.1, 0.15) is 0 Å². The highest BCUT2D eigenvalue weighted by atomic mass is 15.0. The number of benzene rings is 13. The van der Waals surface area contributed by atoms with Crippen LogP contribution in [0.4, 0.5) is 0 Å². The molecule has 4 aromatic heterocycles. The molecule has 13 aromatic carbocycles. The fraction of sp³-hybridized carbons (Fsp3) is 0. The largest absolute Gasteiger partial charge is 0.309 e. The number of rotatable bonds is 10. The van der Waals surface area contributed by atoms with Gasteiger partial charge in [-0.05, 0) is 124 Å². The van der Waals surface area contributed by atoms with Crippen LogP contribution < -0.4 is 0 Å². The Bertz CT molecular complexity index is 5030. The van der Waals surface area contributed by atoms with Gasteiger partial charge >= 0.3 is 0 Å². The van der Waals surface area contributed by atoms with Crippen LogP contribution in [0.1, 0.15) is 0 Å². The van der Waals surface area contributed by atoms with E-state index < -0.39 is 0 Å². The number of fused-ring (bicyclic) bond motifs is 9. The van der Waals surface area contributed by atoms with E-state index in [-0.39, 0.29) is 0 Å². The molecule has 406 valence electrons. The molecule has 0 saturated heterocycles. The Balaban J connectivity index is 0.974. The maximum absolute atomic E-state index is 5.53. The minimum Gasteiger partial charge on any atom is -0.309 e. The second-order valence-corrected chi connectivity index (χ2v) is 22.5. The van der Waals surface area contributed by atoms with Gasteiger partial charge in [0, 0.05) is 71.5 Å². The van der Waals surface area contributed by atoms with Gasteiger partial charge in [-0.2, -0.15) is 0 Å².